The van der Waals surface area contributed by atoms with Gasteiger partial charge in [0, 0.05) is 4.47 Å². The molecule has 0 aromatic heterocycles. The van der Waals surface area contributed by atoms with E-state index in [1.165, 1.54) is 31.5 Å². The number of anilines is 1. The van der Waals surface area contributed by atoms with Gasteiger partial charge in [-0.3, -0.25) is 9.10 Å². The van der Waals surface area contributed by atoms with Gasteiger partial charge in [0.1, 0.15) is 12.3 Å². The number of carbonyl (C=O) groups is 1. The molecule has 1 amide bonds. The molecule has 0 saturated carbocycles. The van der Waals surface area contributed by atoms with E-state index in [1.807, 2.05) is 24.3 Å². The molecule has 2 aromatic carbocycles. The van der Waals surface area contributed by atoms with Crippen molar-refractivity contribution in [2.45, 2.75) is 0 Å². The van der Waals surface area contributed by atoms with Crippen LogP contribution in [0.4, 0.5) is 5.69 Å². The highest BCUT2D eigenvalue weighted by molar-refractivity contribution is 9.10. The van der Waals surface area contributed by atoms with E-state index in [2.05, 4.69) is 26.5 Å². The summed E-state index contributed by atoms with van der Waals surface area (Å²) in [5.74, 6) is -0.199. The van der Waals surface area contributed by atoms with Crippen LogP contribution in [0.15, 0.2) is 52.0 Å². The lowest BCUT2D eigenvalue weighted by Crippen LogP contribution is -2.39. The summed E-state index contributed by atoms with van der Waals surface area (Å²) in [6.07, 6.45) is 2.46. The van der Waals surface area contributed by atoms with Gasteiger partial charge in [0.05, 0.1) is 30.3 Å². The standard InChI is InChI=1S/C17H17BrClN3O4S/c1-26-16-7-6-14(9-15(16)19)22(27(2,24)25)11-17(23)21-20-10-12-4-3-5-13(18)8-12/h3-10H,11H2,1-2H3,(H,21,23)/b20-10-. The van der Waals surface area contributed by atoms with Gasteiger partial charge in [-0.05, 0) is 35.9 Å². The van der Waals surface area contributed by atoms with Crippen LogP contribution >= 0.6 is 27.5 Å². The average Bonchev–Trinajstić information content (AvgIpc) is 2.59. The minimum Gasteiger partial charge on any atom is -0.495 e. The topological polar surface area (TPSA) is 88.1 Å². The Labute approximate surface area is 171 Å². The van der Waals surface area contributed by atoms with Crippen LogP contribution in [0.3, 0.4) is 0 Å². The fraction of sp³-hybridized carbons (Fsp3) is 0.176. The van der Waals surface area contributed by atoms with Crippen LogP contribution in [0.25, 0.3) is 0 Å². The average molecular weight is 475 g/mol. The van der Waals surface area contributed by atoms with E-state index in [0.717, 1.165) is 20.6 Å². The Balaban J connectivity index is 2.12. The zero-order valence-corrected chi connectivity index (χ0v) is 17.7. The second-order valence-corrected chi connectivity index (χ2v) is 8.67. The smallest absolute Gasteiger partial charge is 0.260 e. The summed E-state index contributed by atoms with van der Waals surface area (Å²) >= 11 is 9.39. The number of amides is 1. The Hall–Kier alpha value is -2.10. The molecule has 0 unspecified atom stereocenters. The van der Waals surface area contributed by atoms with Gasteiger partial charge in [0.15, 0.2) is 0 Å². The lowest BCUT2D eigenvalue weighted by molar-refractivity contribution is -0.119. The van der Waals surface area contributed by atoms with Gasteiger partial charge in [0.25, 0.3) is 5.91 Å². The fourth-order valence-corrected chi connectivity index (χ4v) is 3.66. The van der Waals surface area contributed by atoms with Gasteiger partial charge in [-0.1, -0.05) is 39.7 Å². The maximum absolute atomic E-state index is 12.1. The monoisotopic (exact) mass is 473 g/mol. The van der Waals surface area contributed by atoms with E-state index in [0.29, 0.717) is 5.75 Å². The normalized spacial score (nSPS) is 11.4. The van der Waals surface area contributed by atoms with Crippen LogP contribution in [0.5, 0.6) is 5.75 Å². The zero-order valence-electron chi connectivity index (χ0n) is 14.5. The number of halogens is 2. The number of nitrogens with one attached hydrogen (secondary N) is 1. The van der Waals surface area contributed by atoms with Crippen LogP contribution in [0.1, 0.15) is 5.56 Å². The van der Waals surface area contributed by atoms with Crippen molar-refractivity contribution in [3.8, 4) is 5.75 Å². The maximum atomic E-state index is 12.1. The molecule has 0 atom stereocenters. The molecule has 0 aliphatic heterocycles. The molecule has 0 aliphatic rings. The van der Waals surface area contributed by atoms with Gasteiger partial charge in [0.2, 0.25) is 10.0 Å². The fourth-order valence-electron chi connectivity index (χ4n) is 2.14. The summed E-state index contributed by atoms with van der Waals surface area (Å²) in [5, 5.41) is 4.08. The molecular weight excluding hydrogens is 458 g/mol. The summed E-state index contributed by atoms with van der Waals surface area (Å²) < 4.78 is 31.0. The second-order valence-electron chi connectivity index (χ2n) is 5.44. The van der Waals surface area contributed by atoms with Gasteiger partial charge in [-0.15, -0.1) is 0 Å². The van der Waals surface area contributed by atoms with Crippen LogP contribution in [0, 0.1) is 0 Å². The summed E-state index contributed by atoms with van der Waals surface area (Å²) in [7, 11) is -2.27. The highest BCUT2D eigenvalue weighted by atomic mass is 79.9. The van der Waals surface area contributed by atoms with Crippen LogP contribution in [-0.4, -0.2) is 40.4 Å². The number of hydrogen-bond acceptors (Lipinski definition) is 5. The number of benzene rings is 2. The third kappa shape index (κ3) is 6.23. The Morgan fingerprint density at radius 1 is 1.33 bits per heavy atom. The van der Waals surface area contributed by atoms with Crippen molar-refractivity contribution in [1.29, 1.82) is 0 Å². The largest absolute Gasteiger partial charge is 0.495 e. The Morgan fingerprint density at radius 3 is 2.67 bits per heavy atom. The van der Waals surface area contributed by atoms with E-state index in [4.69, 9.17) is 16.3 Å². The molecule has 0 saturated heterocycles. The quantitative estimate of drug-likeness (QED) is 0.493. The second kappa shape index (κ2) is 9.20. The number of sulfonamides is 1. The van der Waals surface area contributed by atoms with Crippen molar-refractivity contribution < 1.29 is 17.9 Å². The van der Waals surface area contributed by atoms with Crippen LogP contribution in [-0.2, 0) is 14.8 Å². The first kappa shape index (κ1) is 21.2. The first-order valence-corrected chi connectivity index (χ1v) is 10.6. The molecule has 0 aliphatic carbocycles. The number of ether oxygens (including phenoxy) is 1. The summed E-state index contributed by atoms with van der Waals surface area (Å²) in [5.41, 5.74) is 3.33. The molecule has 0 fully saturated rings. The first-order valence-electron chi connectivity index (χ1n) is 7.59. The number of rotatable bonds is 7. The third-order valence-electron chi connectivity index (χ3n) is 3.36. The number of nitrogens with zero attached hydrogens (tertiary/aromatic N) is 2. The Bertz CT molecular complexity index is 966. The highest BCUT2D eigenvalue weighted by Crippen LogP contribution is 2.30. The van der Waals surface area contributed by atoms with Crippen LogP contribution < -0.4 is 14.5 Å². The summed E-state index contributed by atoms with van der Waals surface area (Å²) in [6.45, 7) is -0.447. The van der Waals surface area contributed by atoms with Crippen molar-refractivity contribution in [2.24, 2.45) is 5.10 Å². The molecule has 27 heavy (non-hydrogen) atoms. The molecule has 10 heteroatoms. The third-order valence-corrected chi connectivity index (χ3v) is 5.29. The SMILES string of the molecule is COc1ccc(N(CC(=O)N/N=C\c2cccc(Br)c2)S(C)(=O)=O)cc1Cl. The lowest BCUT2D eigenvalue weighted by Gasteiger charge is -2.21. The van der Waals surface area contributed by atoms with E-state index in [-0.39, 0.29) is 10.7 Å². The molecule has 1 N–H and O–H groups in total. The summed E-state index contributed by atoms with van der Waals surface area (Å²) in [6, 6.07) is 11.8. The van der Waals surface area contributed by atoms with Crippen molar-refractivity contribution in [3.05, 3.63) is 57.5 Å². The molecule has 0 bridgehead atoms. The van der Waals surface area contributed by atoms with Crippen molar-refractivity contribution >= 4 is 55.4 Å². The molecule has 144 valence electrons. The molecule has 2 aromatic rings. The molecule has 2 rings (SSSR count). The minimum atomic E-state index is -3.72. The van der Waals surface area contributed by atoms with Gasteiger partial charge in [-0.25, -0.2) is 13.8 Å². The van der Waals surface area contributed by atoms with E-state index >= 15 is 0 Å². The minimum absolute atomic E-state index is 0.233. The predicted octanol–water partition coefficient (Wildman–Crippen LogP) is 3.03. The van der Waals surface area contributed by atoms with E-state index in [9.17, 15) is 13.2 Å². The Kier molecular flexibility index (Phi) is 7.23. The molecular formula is C17H17BrClN3O4S. The highest BCUT2D eigenvalue weighted by Gasteiger charge is 2.21. The van der Waals surface area contributed by atoms with E-state index < -0.39 is 22.5 Å². The number of hydrazone groups is 1. The van der Waals surface area contributed by atoms with Gasteiger partial charge in [-0.2, -0.15) is 5.10 Å². The number of methoxy groups -OCH3 is 1. The zero-order chi connectivity index (χ0) is 20.0. The molecule has 0 radical (unpaired) electrons. The first-order chi connectivity index (χ1) is 12.7. The molecule has 7 nitrogen and oxygen atoms in total. The van der Waals surface area contributed by atoms with Crippen LogP contribution in [0.2, 0.25) is 5.02 Å². The van der Waals surface area contributed by atoms with Gasteiger partial charge < -0.3 is 4.74 Å². The predicted molar refractivity (Wildman–Crippen MR) is 110 cm³/mol. The molecule has 0 spiro atoms. The number of carbonyl (C=O) groups excluding carboxylic acids is 1. The number of hydrogen-bond donors (Lipinski definition) is 1. The van der Waals surface area contributed by atoms with E-state index in [1.54, 1.807) is 0 Å². The lowest BCUT2D eigenvalue weighted by atomic mass is 10.2. The van der Waals surface area contributed by atoms with Gasteiger partial charge >= 0.3 is 0 Å². The summed E-state index contributed by atoms with van der Waals surface area (Å²) in [4.78, 5) is 12.1. The molecule has 0 heterocycles. The van der Waals surface area contributed by atoms with Crippen molar-refractivity contribution in [1.82, 2.24) is 5.43 Å². The maximum Gasteiger partial charge on any atom is 0.260 e. The Morgan fingerprint density at radius 2 is 2.07 bits per heavy atom. The van der Waals surface area contributed by atoms with Crippen molar-refractivity contribution in [3.63, 3.8) is 0 Å². The van der Waals surface area contributed by atoms with Crippen molar-refractivity contribution in [2.75, 3.05) is 24.2 Å².